The van der Waals surface area contributed by atoms with Crippen molar-refractivity contribution in [3.8, 4) is 5.75 Å². The lowest BCUT2D eigenvalue weighted by molar-refractivity contribution is -0.131. The van der Waals surface area contributed by atoms with Gasteiger partial charge in [0.25, 0.3) is 5.91 Å². The number of nitrogens with one attached hydrogen (secondary N) is 1. The summed E-state index contributed by atoms with van der Waals surface area (Å²) in [7, 11) is 2.06. The van der Waals surface area contributed by atoms with Crippen LogP contribution in [0.25, 0.3) is 21.7 Å². The molecule has 0 bridgehead atoms. The predicted molar refractivity (Wildman–Crippen MR) is 106 cm³/mol. The van der Waals surface area contributed by atoms with E-state index in [0.29, 0.717) is 28.0 Å². The minimum absolute atomic E-state index is 0.218. The van der Waals surface area contributed by atoms with Gasteiger partial charge in [0, 0.05) is 49.3 Å². The lowest BCUT2D eigenvalue weighted by Crippen LogP contribution is -2.52. The summed E-state index contributed by atoms with van der Waals surface area (Å²) < 4.78 is 11.4. The summed E-state index contributed by atoms with van der Waals surface area (Å²) in [5, 5.41) is 4.14. The zero-order valence-electron chi connectivity index (χ0n) is 16.2. The molecule has 146 valence electrons. The maximum absolute atomic E-state index is 13.0. The van der Waals surface area contributed by atoms with E-state index in [9.17, 15) is 9.59 Å². The highest BCUT2D eigenvalue weighted by Crippen LogP contribution is 2.37. The zero-order chi connectivity index (χ0) is 19.8. The number of ether oxygens (including phenoxy) is 1. The fourth-order valence-corrected chi connectivity index (χ4v) is 3.64. The van der Waals surface area contributed by atoms with E-state index in [1.54, 1.807) is 13.0 Å². The standard InChI is InChI=1S/C21H23N3O4/c1-13-19(21(26)22-24-10-8-23(3)9-11-24)17-12-18(28-14(2)25)15-6-4-5-7-16(15)20(17)27-13/h4-7,12H,8-11H2,1-3H3,(H,22,26). The van der Waals surface area contributed by atoms with Crippen LogP contribution in [0.3, 0.4) is 0 Å². The quantitative estimate of drug-likeness (QED) is 0.555. The SMILES string of the molecule is CC(=O)Oc1cc2c(C(=O)NN3CCN(C)CC3)c(C)oc2c2ccccc12. The minimum Gasteiger partial charge on any atom is -0.460 e. The molecule has 1 aliphatic heterocycles. The number of piperazine rings is 1. The Morgan fingerprint density at radius 1 is 1.07 bits per heavy atom. The van der Waals surface area contributed by atoms with E-state index < -0.39 is 5.97 Å². The van der Waals surface area contributed by atoms with Gasteiger partial charge in [-0.1, -0.05) is 24.3 Å². The van der Waals surface area contributed by atoms with Gasteiger partial charge in [0.1, 0.15) is 17.1 Å². The summed E-state index contributed by atoms with van der Waals surface area (Å²) in [4.78, 5) is 26.8. The fourth-order valence-electron chi connectivity index (χ4n) is 3.64. The molecule has 1 aliphatic rings. The van der Waals surface area contributed by atoms with Crippen molar-refractivity contribution in [2.45, 2.75) is 13.8 Å². The van der Waals surface area contributed by atoms with Crippen molar-refractivity contribution >= 4 is 33.6 Å². The number of esters is 1. The number of amides is 1. The van der Waals surface area contributed by atoms with Crippen molar-refractivity contribution in [3.63, 3.8) is 0 Å². The van der Waals surface area contributed by atoms with Gasteiger partial charge in [0.05, 0.1) is 5.56 Å². The van der Waals surface area contributed by atoms with Crippen LogP contribution < -0.4 is 10.2 Å². The van der Waals surface area contributed by atoms with Gasteiger partial charge in [0.2, 0.25) is 0 Å². The molecule has 1 N–H and O–H groups in total. The van der Waals surface area contributed by atoms with E-state index in [1.807, 2.05) is 29.3 Å². The Hall–Kier alpha value is -2.90. The number of fused-ring (bicyclic) bond motifs is 3. The molecule has 1 aromatic heterocycles. The molecule has 0 atom stereocenters. The van der Waals surface area contributed by atoms with Crippen LogP contribution in [0.1, 0.15) is 23.0 Å². The summed E-state index contributed by atoms with van der Waals surface area (Å²) in [5.74, 6) is 0.329. The van der Waals surface area contributed by atoms with Crippen molar-refractivity contribution < 1.29 is 18.7 Å². The molecule has 0 aliphatic carbocycles. The van der Waals surface area contributed by atoms with Gasteiger partial charge in [-0.15, -0.1) is 0 Å². The number of hydrogen-bond donors (Lipinski definition) is 1. The molecule has 28 heavy (non-hydrogen) atoms. The normalized spacial score (nSPS) is 15.8. The number of carbonyl (C=O) groups excluding carboxylic acids is 2. The van der Waals surface area contributed by atoms with Crippen LogP contribution in [-0.2, 0) is 4.79 Å². The average molecular weight is 381 g/mol. The van der Waals surface area contributed by atoms with Crippen molar-refractivity contribution in [3.05, 3.63) is 41.7 Å². The Morgan fingerprint density at radius 3 is 2.43 bits per heavy atom. The summed E-state index contributed by atoms with van der Waals surface area (Å²) >= 11 is 0. The Labute approximate surface area is 162 Å². The lowest BCUT2D eigenvalue weighted by Gasteiger charge is -2.32. The van der Waals surface area contributed by atoms with Crippen molar-refractivity contribution in [1.82, 2.24) is 15.3 Å². The molecule has 2 heterocycles. The minimum atomic E-state index is -0.409. The smallest absolute Gasteiger partial charge is 0.308 e. The first-order valence-corrected chi connectivity index (χ1v) is 9.32. The number of likely N-dealkylation sites (N-methyl/N-ethyl adjacent to an activating group) is 1. The molecule has 3 aromatic rings. The number of hydrazine groups is 1. The molecule has 0 radical (unpaired) electrons. The van der Waals surface area contributed by atoms with Crippen LogP contribution >= 0.6 is 0 Å². The summed E-state index contributed by atoms with van der Waals surface area (Å²) in [5.41, 5.74) is 4.07. The highest BCUT2D eigenvalue weighted by Gasteiger charge is 2.24. The Balaban J connectivity index is 1.78. The summed E-state index contributed by atoms with van der Waals surface area (Å²) in [6, 6.07) is 9.25. The molecule has 0 saturated carbocycles. The zero-order valence-corrected chi connectivity index (χ0v) is 16.2. The third-order valence-corrected chi connectivity index (χ3v) is 5.08. The van der Waals surface area contributed by atoms with E-state index >= 15 is 0 Å². The lowest BCUT2D eigenvalue weighted by atomic mass is 10.0. The van der Waals surface area contributed by atoms with E-state index in [1.165, 1.54) is 6.92 Å². The fraction of sp³-hybridized carbons (Fsp3) is 0.333. The number of hydrogen-bond acceptors (Lipinski definition) is 6. The second-order valence-corrected chi connectivity index (χ2v) is 7.16. The van der Waals surface area contributed by atoms with Crippen LogP contribution in [0.4, 0.5) is 0 Å². The van der Waals surface area contributed by atoms with Crippen LogP contribution in [-0.4, -0.2) is 55.0 Å². The van der Waals surface area contributed by atoms with E-state index in [0.717, 1.165) is 37.0 Å². The molecule has 1 saturated heterocycles. The van der Waals surface area contributed by atoms with Crippen molar-refractivity contribution in [2.24, 2.45) is 0 Å². The molecule has 7 nitrogen and oxygen atoms in total. The highest BCUT2D eigenvalue weighted by molar-refractivity contribution is 6.15. The molecule has 7 heteroatoms. The Bertz CT molecular complexity index is 1060. The number of benzene rings is 2. The van der Waals surface area contributed by atoms with E-state index in [2.05, 4.69) is 17.4 Å². The summed E-state index contributed by atoms with van der Waals surface area (Å²) in [6.07, 6.45) is 0. The predicted octanol–water partition coefficient (Wildman–Crippen LogP) is 2.71. The largest absolute Gasteiger partial charge is 0.460 e. The number of furan rings is 1. The molecule has 2 aromatic carbocycles. The van der Waals surface area contributed by atoms with Gasteiger partial charge in [-0.2, -0.15) is 0 Å². The number of nitrogens with zero attached hydrogens (tertiary/aromatic N) is 2. The second kappa shape index (κ2) is 7.26. The maximum Gasteiger partial charge on any atom is 0.308 e. The number of aryl methyl sites for hydroxylation is 1. The first-order valence-electron chi connectivity index (χ1n) is 9.32. The summed E-state index contributed by atoms with van der Waals surface area (Å²) in [6.45, 7) is 6.45. The third kappa shape index (κ3) is 3.34. The van der Waals surface area contributed by atoms with Crippen LogP contribution in [0.2, 0.25) is 0 Å². The second-order valence-electron chi connectivity index (χ2n) is 7.16. The number of carbonyl (C=O) groups is 2. The molecule has 0 unspecified atom stereocenters. The average Bonchev–Trinajstić information content (AvgIpc) is 2.99. The molecule has 1 amide bonds. The third-order valence-electron chi connectivity index (χ3n) is 5.08. The van der Waals surface area contributed by atoms with Crippen molar-refractivity contribution in [2.75, 3.05) is 33.2 Å². The van der Waals surface area contributed by atoms with Gasteiger partial charge in [-0.25, -0.2) is 5.01 Å². The molecule has 0 spiro atoms. The van der Waals surface area contributed by atoms with Crippen LogP contribution in [0.5, 0.6) is 5.75 Å². The topological polar surface area (TPSA) is 75.0 Å². The van der Waals surface area contributed by atoms with Crippen LogP contribution in [0.15, 0.2) is 34.7 Å². The van der Waals surface area contributed by atoms with Gasteiger partial charge in [0.15, 0.2) is 0 Å². The maximum atomic E-state index is 13.0. The van der Waals surface area contributed by atoms with Crippen LogP contribution in [0, 0.1) is 6.92 Å². The highest BCUT2D eigenvalue weighted by atomic mass is 16.5. The van der Waals surface area contributed by atoms with E-state index in [-0.39, 0.29) is 5.91 Å². The first kappa shape index (κ1) is 18.5. The molecular formula is C21H23N3O4. The molecule has 4 rings (SSSR count). The Morgan fingerprint density at radius 2 is 1.75 bits per heavy atom. The number of rotatable bonds is 3. The van der Waals surface area contributed by atoms with Gasteiger partial charge < -0.3 is 14.1 Å². The monoisotopic (exact) mass is 381 g/mol. The van der Waals surface area contributed by atoms with Gasteiger partial charge in [-0.05, 0) is 20.0 Å². The first-order chi connectivity index (χ1) is 13.4. The van der Waals surface area contributed by atoms with Gasteiger partial charge >= 0.3 is 5.97 Å². The van der Waals surface area contributed by atoms with Crippen molar-refractivity contribution in [1.29, 1.82) is 0 Å². The molecule has 1 fully saturated rings. The van der Waals surface area contributed by atoms with E-state index in [4.69, 9.17) is 9.15 Å². The molecular weight excluding hydrogens is 358 g/mol. The Kier molecular flexibility index (Phi) is 4.78. The van der Waals surface area contributed by atoms with Gasteiger partial charge in [-0.3, -0.25) is 15.0 Å².